The summed E-state index contributed by atoms with van der Waals surface area (Å²) < 4.78 is 10.3. The van der Waals surface area contributed by atoms with Gasteiger partial charge in [-0.1, -0.05) is 0 Å². The van der Waals surface area contributed by atoms with Crippen molar-refractivity contribution in [1.29, 1.82) is 0 Å². The number of rotatable bonds is 10. The zero-order valence-corrected chi connectivity index (χ0v) is 10.9. The molecule has 0 saturated carbocycles. The van der Waals surface area contributed by atoms with Crippen molar-refractivity contribution in [3.05, 3.63) is 0 Å². The molecule has 1 unspecified atom stereocenters. The fourth-order valence-corrected chi connectivity index (χ4v) is 1.29. The third-order valence-electron chi connectivity index (χ3n) is 2.17. The van der Waals surface area contributed by atoms with E-state index < -0.39 is 0 Å². The molecule has 1 atom stereocenters. The summed E-state index contributed by atoms with van der Waals surface area (Å²) in [7, 11) is 3.80. The maximum atomic E-state index is 5.88. The van der Waals surface area contributed by atoms with E-state index in [1.807, 2.05) is 6.92 Å². The molecular formula is C11H24ClNO2. The molecule has 92 valence electrons. The molecule has 3 nitrogen and oxygen atoms in total. The lowest BCUT2D eigenvalue weighted by molar-refractivity contribution is 0.0662. The van der Waals surface area contributed by atoms with Gasteiger partial charge in [-0.25, -0.2) is 0 Å². The molecule has 0 aliphatic rings. The molecule has 4 heteroatoms. The van der Waals surface area contributed by atoms with Crippen LogP contribution in [-0.4, -0.2) is 57.3 Å². The fraction of sp³-hybridized carbons (Fsp3) is 1.00. The van der Waals surface area contributed by atoms with E-state index in [1.54, 1.807) is 7.11 Å². The number of methoxy groups -OCH3 is 1. The van der Waals surface area contributed by atoms with E-state index in [0.717, 1.165) is 32.5 Å². The molecule has 0 N–H and O–H groups in total. The predicted molar refractivity (Wildman–Crippen MR) is 64.7 cm³/mol. The smallest absolute Gasteiger partial charge is 0.0700 e. The van der Waals surface area contributed by atoms with Gasteiger partial charge in [-0.05, 0) is 33.4 Å². The molecule has 0 aliphatic heterocycles. The van der Waals surface area contributed by atoms with Crippen molar-refractivity contribution < 1.29 is 9.47 Å². The Hall–Kier alpha value is 0.170. The number of halogens is 1. The average molecular weight is 238 g/mol. The summed E-state index contributed by atoms with van der Waals surface area (Å²) in [5.74, 6) is 0. The van der Waals surface area contributed by atoms with Crippen molar-refractivity contribution in [2.45, 2.75) is 25.1 Å². The quantitative estimate of drug-likeness (QED) is 0.429. The summed E-state index contributed by atoms with van der Waals surface area (Å²) in [6.07, 6.45) is 2.11. The van der Waals surface area contributed by atoms with Crippen molar-refractivity contribution >= 4 is 11.6 Å². The first kappa shape index (κ1) is 15.2. The van der Waals surface area contributed by atoms with Gasteiger partial charge in [-0.15, -0.1) is 11.6 Å². The van der Waals surface area contributed by atoms with Crippen LogP contribution >= 0.6 is 11.6 Å². The van der Waals surface area contributed by atoms with Gasteiger partial charge in [0.05, 0.1) is 13.2 Å². The van der Waals surface area contributed by atoms with Gasteiger partial charge in [-0.2, -0.15) is 0 Å². The van der Waals surface area contributed by atoms with E-state index in [0.29, 0.717) is 13.2 Å². The second kappa shape index (κ2) is 10.7. The summed E-state index contributed by atoms with van der Waals surface area (Å²) in [5, 5.41) is 0.269. The highest BCUT2D eigenvalue weighted by Gasteiger charge is 2.01. The predicted octanol–water partition coefficient (Wildman–Crippen LogP) is 1.99. The zero-order chi connectivity index (χ0) is 11.5. The van der Waals surface area contributed by atoms with Crippen LogP contribution in [0.2, 0.25) is 0 Å². The highest BCUT2D eigenvalue weighted by atomic mass is 35.5. The Morgan fingerprint density at radius 3 is 2.53 bits per heavy atom. The molecule has 0 bridgehead atoms. The van der Waals surface area contributed by atoms with Crippen LogP contribution in [0.5, 0.6) is 0 Å². The van der Waals surface area contributed by atoms with E-state index in [4.69, 9.17) is 21.1 Å². The van der Waals surface area contributed by atoms with Crippen molar-refractivity contribution in [3.8, 4) is 0 Å². The van der Waals surface area contributed by atoms with Crippen molar-refractivity contribution in [2.75, 3.05) is 47.1 Å². The number of hydrogen-bond donors (Lipinski definition) is 0. The maximum Gasteiger partial charge on any atom is 0.0700 e. The Kier molecular flexibility index (Phi) is 10.8. The van der Waals surface area contributed by atoms with Gasteiger partial charge < -0.3 is 14.4 Å². The Bertz CT molecular complexity index is 134. The summed E-state index contributed by atoms with van der Waals surface area (Å²) in [5.41, 5.74) is 0. The number of hydrogen-bond acceptors (Lipinski definition) is 3. The lowest BCUT2D eigenvalue weighted by Crippen LogP contribution is -2.23. The minimum Gasteiger partial charge on any atom is -0.382 e. The van der Waals surface area contributed by atoms with Crippen molar-refractivity contribution in [2.24, 2.45) is 0 Å². The van der Waals surface area contributed by atoms with Crippen LogP contribution in [0.3, 0.4) is 0 Å². The van der Waals surface area contributed by atoms with E-state index in [2.05, 4.69) is 11.9 Å². The van der Waals surface area contributed by atoms with Gasteiger partial charge in [0.1, 0.15) is 0 Å². The van der Waals surface area contributed by atoms with Gasteiger partial charge in [0.25, 0.3) is 0 Å². The van der Waals surface area contributed by atoms with Crippen LogP contribution in [0.4, 0.5) is 0 Å². The van der Waals surface area contributed by atoms with E-state index in [1.165, 1.54) is 0 Å². The summed E-state index contributed by atoms with van der Waals surface area (Å²) >= 11 is 5.88. The van der Waals surface area contributed by atoms with Crippen molar-refractivity contribution in [3.63, 3.8) is 0 Å². The lowest BCUT2D eigenvalue weighted by atomic mass is 10.3. The number of ether oxygens (including phenoxy) is 2. The standard InChI is InChI=1S/C11H24ClNO2/c1-11(12)5-7-13(2)6-4-8-15-10-9-14-3/h11H,4-10H2,1-3H3. The summed E-state index contributed by atoms with van der Waals surface area (Å²) in [4.78, 5) is 2.29. The van der Waals surface area contributed by atoms with Crippen LogP contribution in [-0.2, 0) is 9.47 Å². The van der Waals surface area contributed by atoms with E-state index >= 15 is 0 Å². The van der Waals surface area contributed by atoms with Crippen LogP contribution in [0.25, 0.3) is 0 Å². The van der Waals surface area contributed by atoms with Crippen LogP contribution in [0.1, 0.15) is 19.8 Å². The van der Waals surface area contributed by atoms with Crippen LogP contribution < -0.4 is 0 Å². The number of nitrogens with zero attached hydrogens (tertiary/aromatic N) is 1. The average Bonchev–Trinajstić information content (AvgIpc) is 2.20. The molecule has 0 fully saturated rings. The van der Waals surface area contributed by atoms with E-state index in [9.17, 15) is 0 Å². The van der Waals surface area contributed by atoms with Crippen LogP contribution in [0, 0.1) is 0 Å². The fourth-order valence-electron chi connectivity index (χ4n) is 1.19. The largest absolute Gasteiger partial charge is 0.382 e. The Balaban J connectivity index is 3.13. The third-order valence-corrected chi connectivity index (χ3v) is 2.39. The molecule has 0 radical (unpaired) electrons. The zero-order valence-electron chi connectivity index (χ0n) is 10.2. The lowest BCUT2D eigenvalue weighted by Gasteiger charge is -2.16. The highest BCUT2D eigenvalue weighted by molar-refractivity contribution is 6.20. The summed E-state index contributed by atoms with van der Waals surface area (Å²) in [6.45, 7) is 6.34. The first-order chi connectivity index (χ1) is 7.16. The minimum absolute atomic E-state index is 0.269. The van der Waals surface area contributed by atoms with Gasteiger partial charge >= 0.3 is 0 Å². The van der Waals surface area contributed by atoms with Crippen LogP contribution in [0.15, 0.2) is 0 Å². The number of alkyl halides is 1. The van der Waals surface area contributed by atoms with Gasteiger partial charge in [0.15, 0.2) is 0 Å². The van der Waals surface area contributed by atoms with Gasteiger partial charge in [0, 0.05) is 25.6 Å². The summed E-state index contributed by atoms with van der Waals surface area (Å²) in [6, 6.07) is 0. The molecule has 0 rings (SSSR count). The first-order valence-corrected chi connectivity index (χ1v) is 5.99. The molecule has 0 aliphatic carbocycles. The molecule has 0 aromatic rings. The molecular weight excluding hydrogens is 214 g/mol. The monoisotopic (exact) mass is 237 g/mol. The van der Waals surface area contributed by atoms with Gasteiger partial charge in [-0.3, -0.25) is 0 Å². The van der Waals surface area contributed by atoms with Gasteiger partial charge in [0.2, 0.25) is 0 Å². The molecule has 0 aromatic heterocycles. The molecule has 0 spiro atoms. The Labute approximate surface area is 98.7 Å². The molecule has 15 heavy (non-hydrogen) atoms. The topological polar surface area (TPSA) is 21.7 Å². The third kappa shape index (κ3) is 12.1. The molecule has 0 aromatic carbocycles. The SMILES string of the molecule is COCCOCCCN(C)CCC(C)Cl. The van der Waals surface area contributed by atoms with Crippen molar-refractivity contribution in [1.82, 2.24) is 4.90 Å². The minimum atomic E-state index is 0.269. The normalized spacial score (nSPS) is 13.4. The molecule has 0 heterocycles. The first-order valence-electron chi connectivity index (χ1n) is 5.56. The second-order valence-corrected chi connectivity index (χ2v) is 4.58. The Morgan fingerprint density at radius 2 is 1.93 bits per heavy atom. The highest BCUT2D eigenvalue weighted by Crippen LogP contribution is 2.01. The van der Waals surface area contributed by atoms with E-state index in [-0.39, 0.29) is 5.38 Å². The Morgan fingerprint density at radius 1 is 1.20 bits per heavy atom. The second-order valence-electron chi connectivity index (χ2n) is 3.83. The molecule has 0 saturated heterocycles. The molecule has 0 amide bonds. The maximum absolute atomic E-state index is 5.88.